The zero-order chi connectivity index (χ0) is 25.0. The van der Waals surface area contributed by atoms with Crippen molar-refractivity contribution in [1.82, 2.24) is 10.3 Å². The predicted octanol–water partition coefficient (Wildman–Crippen LogP) is 6.18. The third-order valence-corrected chi connectivity index (χ3v) is 8.33. The number of halogens is 4. The smallest absolute Gasteiger partial charge is 0.266 e. The molecule has 3 N–H and O–H groups in total. The minimum absolute atomic E-state index is 0. The van der Waals surface area contributed by atoms with Crippen LogP contribution in [0.25, 0.3) is 5.57 Å². The van der Waals surface area contributed by atoms with Crippen LogP contribution in [-0.4, -0.2) is 32.5 Å². The average molecular weight is 576 g/mol. The van der Waals surface area contributed by atoms with E-state index in [9.17, 15) is 17.2 Å². The van der Waals surface area contributed by atoms with Gasteiger partial charge in [0.05, 0.1) is 10.7 Å². The van der Waals surface area contributed by atoms with E-state index in [4.69, 9.17) is 11.6 Å². The summed E-state index contributed by atoms with van der Waals surface area (Å²) in [6.45, 7) is 3.24. The highest BCUT2D eigenvalue weighted by atomic mass is 35.5. The number of allylic oxidation sites excluding steroid dienone is 1. The number of hydrogen-bond donors (Lipinski definition) is 3. The quantitative estimate of drug-likeness (QED) is 0.284. The average Bonchev–Trinajstić information content (AvgIpc) is 3.33. The molecule has 2 atom stereocenters. The Balaban J connectivity index is 0.00000361. The minimum atomic E-state index is -4.19. The second-order valence-corrected chi connectivity index (χ2v) is 11.1. The van der Waals surface area contributed by atoms with E-state index in [1.807, 2.05) is 6.92 Å². The lowest BCUT2D eigenvalue weighted by atomic mass is 9.79. The van der Waals surface area contributed by atoms with Crippen molar-refractivity contribution in [2.75, 3.05) is 23.1 Å². The number of hydrogen-bond acceptors (Lipinski definition) is 6. The van der Waals surface area contributed by atoms with Gasteiger partial charge in [0.1, 0.15) is 16.5 Å². The van der Waals surface area contributed by atoms with Crippen molar-refractivity contribution in [3.63, 3.8) is 0 Å². The summed E-state index contributed by atoms with van der Waals surface area (Å²) in [5.74, 6) is -1.23. The topological polar surface area (TPSA) is 83.1 Å². The van der Waals surface area contributed by atoms with Gasteiger partial charge in [0.2, 0.25) is 0 Å². The van der Waals surface area contributed by atoms with E-state index in [1.54, 1.807) is 17.5 Å². The van der Waals surface area contributed by atoms with Crippen LogP contribution >= 0.6 is 35.3 Å². The lowest BCUT2D eigenvalue weighted by Gasteiger charge is -2.34. The number of rotatable bonds is 9. The van der Waals surface area contributed by atoms with Gasteiger partial charge >= 0.3 is 0 Å². The van der Waals surface area contributed by atoms with Crippen LogP contribution in [0.1, 0.15) is 25.3 Å². The van der Waals surface area contributed by atoms with Gasteiger partial charge in [-0.2, -0.15) is 0 Å². The number of nitrogens with one attached hydrogen (secondary N) is 3. The standard InChI is InChI=1S/C24H25ClF2N4O2S2.ClH/c1-2-28-21-5-3-4-17(15-6-8-16(26)9-7-15)18(21)14-30-22-13-20(27)23(12-19(22)25)35(32,33)31-24-29-10-11-34-24;/h4,6-13,18,21,28,30H,2-3,5,14H2,1H3,(H,29,31);1H/t18-,21-;/m1./s1. The second kappa shape index (κ2) is 12.3. The molecule has 4 rings (SSSR count). The molecule has 0 spiro atoms. The number of thiazole rings is 1. The zero-order valence-electron chi connectivity index (χ0n) is 19.3. The SMILES string of the molecule is CCN[C@@H]1CCC=C(c2ccc(F)cc2)[C@H]1CNc1cc(F)c(S(=O)(=O)Nc2nccs2)cc1Cl.Cl. The largest absolute Gasteiger partial charge is 0.383 e. The van der Waals surface area contributed by atoms with Crippen molar-refractivity contribution in [3.8, 4) is 0 Å². The van der Waals surface area contributed by atoms with Crippen molar-refractivity contribution in [1.29, 1.82) is 0 Å². The molecule has 0 unspecified atom stereocenters. The summed E-state index contributed by atoms with van der Waals surface area (Å²) >= 11 is 7.45. The molecule has 6 nitrogen and oxygen atoms in total. The Morgan fingerprint density at radius 2 is 1.94 bits per heavy atom. The molecule has 0 fully saturated rings. The summed E-state index contributed by atoms with van der Waals surface area (Å²) < 4.78 is 55.9. The fourth-order valence-corrected chi connectivity index (χ4v) is 6.42. The van der Waals surface area contributed by atoms with Gasteiger partial charge in [-0.15, -0.1) is 23.7 Å². The van der Waals surface area contributed by atoms with E-state index in [1.165, 1.54) is 18.3 Å². The van der Waals surface area contributed by atoms with E-state index < -0.39 is 20.7 Å². The molecule has 12 heteroatoms. The molecule has 1 aromatic heterocycles. The lowest BCUT2D eigenvalue weighted by molar-refractivity contribution is 0.403. The van der Waals surface area contributed by atoms with Crippen molar-refractivity contribution in [2.24, 2.45) is 5.92 Å². The first-order valence-corrected chi connectivity index (χ1v) is 13.9. The highest BCUT2D eigenvalue weighted by Crippen LogP contribution is 2.35. The normalized spacial score (nSPS) is 17.7. The molecule has 0 bridgehead atoms. The maximum Gasteiger partial charge on any atom is 0.266 e. The predicted molar refractivity (Wildman–Crippen MR) is 145 cm³/mol. The Hall–Kier alpha value is -2.24. The Kier molecular flexibility index (Phi) is 9.71. The summed E-state index contributed by atoms with van der Waals surface area (Å²) in [7, 11) is -4.19. The van der Waals surface area contributed by atoms with Crippen LogP contribution in [0.4, 0.5) is 19.6 Å². The van der Waals surface area contributed by atoms with Gasteiger partial charge in [-0.3, -0.25) is 4.72 Å². The van der Waals surface area contributed by atoms with E-state index in [0.29, 0.717) is 6.54 Å². The van der Waals surface area contributed by atoms with E-state index in [2.05, 4.69) is 26.4 Å². The van der Waals surface area contributed by atoms with Crippen molar-refractivity contribution in [3.05, 3.63) is 76.3 Å². The monoisotopic (exact) mass is 574 g/mol. The van der Waals surface area contributed by atoms with Gasteiger partial charge in [-0.1, -0.05) is 36.7 Å². The maximum absolute atomic E-state index is 14.9. The van der Waals surface area contributed by atoms with Crippen LogP contribution in [0.3, 0.4) is 0 Å². The first kappa shape index (κ1) is 28.3. The van der Waals surface area contributed by atoms with Crippen LogP contribution in [0, 0.1) is 17.6 Å². The molecule has 1 aliphatic carbocycles. The van der Waals surface area contributed by atoms with Crippen molar-refractivity contribution < 1.29 is 17.2 Å². The summed E-state index contributed by atoms with van der Waals surface area (Å²) in [6, 6.07) is 8.71. The van der Waals surface area contributed by atoms with Crippen LogP contribution in [0.15, 0.2) is 58.9 Å². The molecule has 0 saturated heterocycles. The molecular weight excluding hydrogens is 549 g/mol. The number of sulfonamides is 1. The molecule has 3 aromatic rings. The van der Waals surface area contributed by atoms with Crippen LogP contribution < -0.4 is 15.4 Å². The number of nitrogens with zero attached hydrogens (tertiary/aromatic N) is 1. The Morgan fingerprint density at radius 1 is 1.19 bits per heavy atom. The van der Waals surface area contributed by atoms with Gasteiger partial charge in [0.25, 0.3) is 10.0 Å². The molecule has 2 aromatic carbocycles. The third-order valence-electron chi connectivity index (χ3n) is 5.85. The van der Waals surface area contributed by atoms with Crippen LogP contribution in [0.2, 0.25) is 5.02 Å². The first-order chi connectivity index (χ1) is 16.8. The molecule has 194 valence electrons. The van der Waals surface area contributed by atoms with Gasteiger partial charge < -0.3 is 10.6 Å². The highest BCUT2D eigenvalue weighted by Gasteiger charge is 2.29. The Morgan fingerprint density at radius 3 is 2.61 bits per heavy atom. The molecule has 1 aliphatic rings. The summed E-state index contributed by atoms with van der Waals surface area (Å²) in [6.07, 6.45) is 5.40. The van der Waals surface area contributed by atoms with Gasteiger partial charge in [0, 0.05) is 30.1 Å². The van der Waals surface area contributed by atoms with Gasteiger partial charge in [-0.25, -0.2) is 22.2 Å². The minimum Gasteiger partial charge on any atom is -0.383 e. The molecule has 1 heterocycles. The Bertz CT molecular complexity index is 1300. The number of anilines is 2. The molecule has 36 heavy (non-hydrogen) atoms. The first-order valence-electron chi connectivity index (χ1n) is 11.1. The van der Waals surface area contributed by atoms with Gasteiger partial charge in [-0.05, 0) is 54.8 Å². The highest BCUT2D eigenvalue weighted by molar-refractivity contribution is 7.93. The summed E-state index contributed by atoms with van der Waals surface area (Å²) in [5, 5.41) is 8.52. The molecular formula is C24H26Cl2F2N4O2S2. The Labute approximate surface area is 224 Å². The maximum atomic E-state index is 14.9. The molecule has 0 radical (unpaired) electrons. The van der Waals surface area contributed by atoms with Crippen LogP contribution in [-0.2, 0) is 10.0 Å². The van der Waals surface area contributed by atoms with Crippen molar-refractivity contribution in [2.45, 2.75) is 30.7 Å². The fraction of sp³-hybridized carbons (Fsp3) is 0.292. The summed E-state index contributed by atoms with van der Waals surface area (Å²) in [4.78, 5) is 3.31. The second-order valence-electron chi connectivity index (χ2n) is 8.10. The molecule has 0 aliphatic heterocycles. The third kappa shape index (κ3) is 6.54. The van der Waals surface area contributed by atoms with Crippen LogP contribution in [0.5, 0.6) is 0 Å². The number of aromatic nitrogens is 1. The zero-order valence-corrected chi connectivity index (χ0v) is 22.5. The van der Waals surface area contributed by atoms with E-state index in [0.717, 1.165) is 54.0 Å². The lowest BCUT2D eigenvalue weighted by Crippen LogP contribution is -2.41. The summed E-state index contributed by atoms with van der Waals surface area (Å²) in [5.41, 5.74) is 2.28. The van der Waals surface area contributed by atoms with Gasteiger partial charge in [0.15, 0.2) is 5.13 Å². The molecule has 0 amide bonds. The number of benzene rings is 2. The van der Waals surface area contributed by atoms with Crippen molar-refractivity contribution >= 4 is 61.8 Å². The fourth-order valence-electron chi connectivity index (χ4n) is 4.25. The van der Waals surface area contributed by atoms with E-state index >= 15 is 0 Å². The molecule has 0 saturated carbocycles. The van der Waals surface area contributed by atoms with E-state index in [-0.39, 0.29) is 46.0 Å².